The molecule has 0 aromatic heterocycles. The van der Waals surface area contributed by atoms with Crippen molar-refractivity contribution in [1.82, 2.24) is 9.21 Å². The van der Waals surface area contributed by atoms with E-state index in [1.165, 1.54) is 5.56 Å². The van der Waals surface area contributed by atoms with Crippen LogP contribution in [0, 0.1) is 0 Å². The van der Waals surface area contributed by atoms with Gasteiger partial charge in [0.2, 0.25) is 10.0 Å². The van der Waals surface area contributed by atoms with E-state index in [1.54, 1.807) is 4.31 Å². The first kappa shape index (κ1) is 16.3. The van der Waals surface area contributed by atoms with Crippen LogP contribution in [-0.4, -0.2) is 49.6 Å². The van der Waals surface area contributed by atoms with E-state index in [-0.39, 0.29) is 5.75 Å². The van der Waals surface area contributed by atoms with E-state index in [9.17, 15) is 8.42 Å². The molecule has 0 amide bonds. The Morgan fingerprint density at radius 2 is 1.71 bits per heavy atom. The maximum atomic E-state index is 12.1. The van der Waals surface area contributed by atoms with E-state index in [4.69, 9.17) is 5.73 Å². The highest BCUT2D eigenvalue weighted by molar-refractivity contribution is 7.89. The van der Waals surface area contributed by atoms with Crippen molar-refractivity contribution in [1.29, 1.82) is 0 Å². The molecule has 0 atom stereocenters. The van der Waals surface area contributed by atoms with Crippen LogP contribution < -0.4 is 5.73 Å². The minimum absolute atomic E-state index is 0.279. The van der Waals surface area contributed by atoms with Gasteiger partial charge in [-0.25, -0.2) is 8.42 Å². The van der Waals surface area contributed by atoms with Gasteiger partial charge < -0.3 is 5.73 Å². The lowest BCUT2D eigenvalue weighted by molar-refractivity contribution is 0.181. The van der Waals surface area contributed by atoms with Crippen LogP contribution in [0.2, 0.25) is 0 Å². The van der Waals surface area contributed by atoms with Crippen LogP contribution >= 0.6 is 0 Å². The van der Waals surface area contributed by atoms with Gasteiger partial charge in [0.05, 0.1) is 5.75 Å². The summed E-state index contributed by atoms with van der Waals surface area (Å²) in [7, 11) is -3.06. The summed E-state index contributed by atoms with van der Waals surface area (Å²) in [5, 5.41) is 0. The van der Waals surface area contributed by atoms with Gasteiger partial charge in [0.15, 0.2) is 0 Å². The molecule has 1 aliphatic rings. The number of hydrogen-bond acceptors (Lipinski definition) is 4. The second-order valence-electron chi connectivity index (χ2n) is 5.59. The summed E-state index contributed by atoms with van der Waals surface area (Å²) in [5.41, 5.74) is 7.66. The first-order valence-electron chi connectivity index (χ1n) is 7.56. The van der Waals surface area contributed by atoms with Crippen LogP contribution in [0.4, 0.5) is 5.69 Å². The molecule has 118 valence electrons. The molecular weight excluding hydrogens is 286 g/mol. The molecule has 0 saturated carbocycles. The number of nitrogen functional groups attached to an aromatic ring is 1. The first-order chi connectivity index (χ1) is 10.0. The van der Waals surface area contributed by atoms with Crippen molar-refractivity contribution < 1.29 is 8.42 Å². The quantitative estimate of drug-likeness (QED) is 0.809. The number of unbranched alkanes of at least 4 members (excludes halogenated alkanes) is 1. The zero-order valence-electron chi connectivity index (χ0n) is 12.7. The third-order valence-electron chi connectivity index (χ3n) is 3.87. The largest absolute Gasteiger partial charge is 0.399 e. The van der Waals surface area contributed by atoms with E-state index < -0.39 is 10.0 Å². The van der Waals surface area contributed by atoms with E-state index in [1.807, 2.05) is 31.2 Å². The average molecular weight is 311 g/mol. The van der Waals surface area contributed by atoms with Gasteiger partial charge in [-0.15, -0.1) is 0 Å². The second kappa shape index (κ2) is 7.24. The zero-order chi connectivity index (χ0) is 15.3. The number of nitrogens with zero attached hydrogens (tertiary/aromatic N) is 2. The normalized spacial score (nSPS) is 18.0. The van der Waals surface area contributed by atoms with E-state index in [0.29, 0.717) is 13.1 Å². The van der Waals surface area contributed by atoms with Crippen LogP contribution in [-0.2, 0) is 16.6 Å². The number of anilines is 1. The van der Waals surface area contributed by atoms with Crippen LogP contribution in [0.1, 0.15) is 25.3 Å². The molecular formula is C15H25N3O2S. The number of piperazine rings is 1. The fourth-order valence-corrected chi connectivity index (χ4v) is 4.13. The predicted octanol–water partition coefficient (Wildman–Crippen LogP) is 1.52. The summed E-state index contributed by atoms with van der Waals surface area (Å²) in [6.45, 7) is 5.64. The fraction of sp³-hybridized carbons (Fsp3) is 0.600. The van der Waals surface area contributed by atoms with E-state index in [2.05, 4.69) is 4.90 Å². The highest BCUT2D eigenvalue weighted by Crippen LogP contribution is 2.13. The lowest BCUT2D eigenvalue weighted by atomic mass is 10.2. The highest BCUT2D eigenvalue weighted by Gasteiger charge is 2.26. The molecule has 6 heteroatoms. The maximum Gasteiger partial charge on any atom is 0.214 e. The molecule has 1 saturated heterocycles. The standard InChI is InChI=1S/C15H25N3O2S/c1-2-3-12-21(19,20)18-10-8-17(9-11-18)13-14-4-6-15(16)7-5-14/h4-7H,2-3,8-13,16H2,1H3. The molecule has 0 radical (unpaired) electrons. The van der Waals surface area contributed by atoms with E-state index in [0.717, 1.165) is 38.2 Å². The highest BCUT2D eigenvalue weighted by atomic mass is 32.2. The number of rotatable bonds is 6. The SMILES string of the molecule is CCCCS(=O)(=O)N1CCN(Cc2ccc(N)cc2)CC1. The fourth-order valence-electron chi connectivity index (χ4n) is 2.50. The number of nitrogens with two attached hydrogens (primary N) is 1. The molecule has 0 spiro atoms. The van der Waals surface area contributed by atoms with Gasteiger partial charge in [0, 0.05) is 38.4 Å². The van der Waals surface area contributed by atoms with Gasteiger partial charge in [-0.3, -0.25) is 4.90 Å². The Morgan fingerprint density at radius 1 is 1.10 bits per heavy atom. The third kappa shape index (κ3) is 4.69. The Bertz CT molecular complexity index is 535. The average Bonchev–Trinajstić information content (AvgIpc) is 2.48. The Labute approximate surface area is 127 Å². The zero-order valence-corrected chi connectivity index (χ0v) is 13.5. The number of benzene rings is 1. The molecule has 0 aliphatic carbocycles. The Hall–Kier alpha value is -1.11. The molecule has 0 bridgehead atoms. The summed E-state index contributed by atoms with van der Waals surface area (Å²) in [6, 6.07) is 7.86. The van der Waals surface area contributed by atoms with Crippen LogP contribution in [0.15, 0.2) is 24.3 Å². The second-order valence-corrected chi connectivity index (χ2v) is 7.67. The van der Waals surface area contributed by atoms with Gasteiger partial charge in [-0.1, -0.05) is 25.5 Å². The minimum atomic E-state index is -3.06. The molecule has 1 aromatic rings. The number of hydrogen-bond donors (Lipinski definition) is 1. The lowest BCUT2D eigenvalue weighted by Gasteiger charge is -2.34. The Balaban J connectivity index is 1.84. The van der Waals surface area contributed by atoms with E-state index >= 15 is 0 Å². The third-order valence-corrected chi connectivity index (χ3v) is 5.82. The van der Waals surface area contributed by atoms with Crippen molar-refractivity contribution in [3.8, 4) is 0 Å². The first-order valence-corrected chi connectivity index (χ1v) is 9.17. The minimum Gasteiger partial charge on any atom is -0.399 e. The summed E-state index contributed by atoms with van der Waals surface area (Å²) < 4.78 is 25.9. The molecule has 0 unspecified atom stereocenters. The van der Waals surface area contributed by atoms with Crippen molar-refractivity contribution in [3.05, 3.63) is 29.8 Å². The topological polar surface area (TPSA) is 66.6 Å². The predicted molar refractivity (Wildman–Crippen MR) is 86.4 cm³/mol. The smallest absolute Gasteiger partial charge is 0.214 e. The van der Waals surface area contributed by atoms with Crippen LogP contribution in [0.5, 0.6) is 0 Å². The van der Waals surface area contributed by atoms with Crippen molar-refractivity contribution >= 4 is 15.7 Å². The summed E-state index contributed by atoms with van der Waals surface area (Å²) in [6.07, 6.45) is 1.66. The Kier molecular flexibility index (Phi) is 5.61. The number of sulfonamides is 1. The summed E-state index contributed by atoms with van der Waals surface area (Å²) >= 11 is 0. The van der Waals surface area contributed by atoms with Gasteiger partial charge in [-0.05, 0) is 24.1 Å². The van der Waals surface area contributed by atoms with Gasteiger partial charge in [0.1, 0.15) is 0 Å². The molecule has 21 heavy (non-hydrogen) atoms. The molecule has 1 heterocycles. The van der Waals surface area contributed by atoms with Crippen molar-refractivity contribution in [3.63, 3.8) is 0 Å². The van der Waals surface area contributed by atoms with Gasteiger partial charge >= 0.3 is 0 Å². The molecule has 2 N–H and O–H groups in total. The Morgan fingerprint density at radius 3 is 2.29 bits per heavy atom. The summed E-state index contributed by atoms with van der Waals surface area (Å²) in [5.74, 6) is 0.279. The molecule has 5 nitrogen and oxygen atoms in total. The monoisotopic (exact) mass is 311 g/mol. The van der Waals surface area contributed by atoms with Crippen LogP contribution in [0.25, 0.3) is 0 Å². The molecule has 1 aromatic carbocycles. The lowest BCUT2D eigenvalue weighted by Crippen LogP contribution is -2.48. The van der Waals surface area contributed by atoms with Gasteiger partial charge in [-0.2, -0.15) is 4.31 Å². The van der Waals surface area contributed by atoms with Crippen LogP contribution in [0.3, 0.4) is 0 Å². The van der Waals surface area contributed by atoms with Crippen molar-refractivity contribution in [2.75, 3.05) is 37.7 Å². The van der Waals surface area contributed by atoms with Crippen molar-refractivity contribution in [2.24, 2.45) is 0 Å². The molecule has 1 fully saturated rings. The molecule has 1 aliphatic heterocycles. The maximum absolute atomic E-state index is 12.1. The van der Waals surface area contributed by atoms with Crippen molar-refractivity contribution in [2.45, 2.75) is 26.3 Å². The summed E-state index contributed by atoms with van der Waals surface area (Å²) in [4.78, 5) is 2.29. The molecule has 2 rings (SSSR count). The van der Waals surface area contributed by atoms with Gasteiger partial charge in [0.25, 0.3) is 0 Å².